The number of morpholine rings is 1. The number of nitrogens with zero attached hydrogens (tertiary/aromatic N) is 6. The fourth-order valence-corrected chi connectivity index (χ4v) is 4.11. The number of oxime groups is 1. The third kappa shape index (κ3) is 5.57. The molecule has 0 aliphatic carbocycles. The van der Waals surface area contributed by atoms with Gasteiger partial charge in [-0.15, -0.1) is 0 Å². The number of nitrogens with two attached hydrogens (primary N) is 2. The van der Waals surface area contributed by atoms with E-state index in [-0.39, 0.29) is 5.95 Å². The van der Waals surface area contributed by atoms with Crippen molar-refractivity contribution in [3.63, 3.8) is 0 Å². The molecule has 172 valence electrons. The highest BCUT2D eigenvalue weighted by atomic mass is 16.6. The lowest BCUT2D eigenvalue weighted by atomic mass is 10.2. The summed E-state index contributed by atoms with van der Waals surface area (Å²) in [5.41, 5.74) is 15.7. The van der Waals surface area contributed by atoms with Crippen LogP contribution in [0, 0.1) is 6.92 Å². The summed E-state index contributed by atoms with van der Waals surface area (Å²) in [6.07, 6.45) is 1.76. The molecule has 3 heterocycles. The Balaban J connectivity index is 1.24. The van der Waals surface area contributed by atoms with E-state index in [1.165, 1.54) is 5.69 Å². The lowest BCUT2D eigenvalue weighted by Crippen LogP contribution is -2.47. The third-order valence-electron chi connectivity index (χ3n) is 5.84. The molecule has 10 nitrogen and oxygen atoms in total. The van der Waals surface area contributed by atoms with Crippen LogP contribution in [-0.4, -0.2) is 86.7 Å². The fraction of sp³-hybridized carbons (Fsp3) is 0.500. The smallest absolute Gasteiger partial charge is 0.222 e. The lowest BCUT2D eigenvalue weighted by molar-refractivity contribution is 0.0214. The van der Waals surface area contributed by atoms with Gasteiger partial charge in [0.05, 0.1) is 25.1 Å². The molecular weight excluding hydrogens is 408 g/mol. The molecule has 0 bridgehead atoms. The number of nitrogen functional groups attached to an aromatic ring is 2. The first-order chi connectivity index (χ1) is 15.6. The molecule has 2 saturated heterocycles. The van der Waals surface area contributed by atoms with E-state index >= 15 is 0 Å². The molecule has 32 heavy (non-hydrogen) atoms. The number of piperazine rings is 1. The molecule has 4 rings (SSSR count). The SMILES string of the molecule is Cc1nc(N)nc(N)c1N1CCN(c2ccc(C=NOCCN3CCOCC3)cc2)CC1. The van der Waals surface area contributed by atoms with Crippen molar-refractivity contribution < 1.29 is 9.57 Å². The molecule has 2 fully saturated rings. The van der Waals surface area contributed by atoms with Crippen LogP contribution in [0.4, 0.5) is 23.1 Å². The first kappa shape index (κ1) is 22.1. The highest BCUT2D eigenvalue weighted by Gasteiger charge is 2.22. The molecule has 0 radical (unpaired) electrons. The molecule has 0 amide bonds. The van der Waals surface area contributed by atoms with Gasteiger partial charge in [-0.25, -0.2) is 4.98 Å². The zero-order chi connectivity index (χ0) is 22.3. The van der Waals surface area contributed by atoms with Crippen molar-refractivity contribution in [2.45, 2.75) is 6.92 Å². The average molecular weight is 441 g/mol. The summed E-state index contributed by atoms with van der Waals surface area (Å²) >= 11 is 0. The lowest BCUT2D eigenvalue weighted by Gasteiger charge is -2.38. The van der Waals surface area contributed by atoms with Crippen LogP contribution in [-0.2, 0) is 9.57 Å². The number of aromatic nitrogens is 2. The maximum absolute atomic E-state index is 6.10. The Morgan fingerprint density at radius 1 is 1.00 bits per heavy atom. The Labute approximate surface area is 188 Å². The maximum atomic E-state index is 6.10. The van der Waals surface area contributed by atoms with Crippen LogP contribution < -0.4 is 21.3 Å². The van der Waals surface area contributed by atoms with E-state index in [9.17, 15) is 0 Å². The zero-order valence-corrected chi connectivity index (χ0v) is 18.6. The van der Waals surface area contributed by atoms with E-state index in [2.05, 4.69) is 54.1 Å². The van der Waals surface area contributed by atoms with Gasteiger partial charge in [0.15, 0.2) is 5.82 Å². The van der Waals surface area contributed by atoms with E-state index in [1.807, 2.05) is 6.92 Å². The van der Waals surface area contributed by atoms with Gasteiger partial charge in [0.25, 0.3) is 0 Å². The molecule has 0 unspecified atom stereocenters. The van der Waals surface area contributed by atoms with Crippen molar-refractivity contribution in [1.82, 2.24) is 14.9 Å². The van der Waals surface area contributed by atoms with Crippen molar-refractivity contribution in [2.75, 3.05) is 86.9 Å². The normalized spacial score (nSPS) is 17.8. The van der Waals surface area contributed by atoms with Crippen molar-refractivity contribution in [1.29, 1.82) is 0 Å². The molecule has 2 aliphatic heterocycles. The van der Waals surface area contributed by atoms with Crippen molar-refractivity contribution in [3.05, 3.63) is 35.5 Å². The summed E-state index contributed by atoms with van der Waals surface area (Å²) in [5, 5.41) is 4.10. The largest absolute Gasteiger partial charge is 0.394 e. The van der Waals surface area contributed by atoms with Gasteiger partial charge in [-0.1, -0.05) is 17.3 Å². The molecule has 2 aromatic rings. The Hall–Kier alpha value is -3.11. The summed E-state index contributed by atoms with van der Waals surface area (Å²) in [7, 11) is 0. The molecular formula is C22H32N8O2. The number of rotatable bonds is 7. The van der Waals surface area contributed by atoms with E-state index in [1.54, 1.807) is 6.21 Å². The Morgan fingerprint density at radius 3 is 2.38 bits per heavy atom. The van der Waals surface area contributed by atoms with E-state index in [0.717, 1.165) is 76.0 Å². The second-order valence-corrected chi connectivity index (χ2v) is 7.99. The van der Waals surface area contributed by atoms with E-state index in [0.29, 0.717) is 12.4 Å². The van der Waals surface area contributed by atoms with Gasteiger partial charge < -0.3 is 30.8 Å². The van der Waals surface area contributed by atoms with Gasteiger partial charge in [0.1, 0.15) is 12.3 Å². The molecule has 0 atom stereocenters. The second-order valence-electron chi connectivity index (χ2n) is 7.99. The van der Waals surface area contributed by atoms with Crippen LogP contribution in [0.25, 0.3) is 0 Å². The number of benzene rings is 1. The number of hydrogen-bond donors (Lipinski definition) is 2. The first-order valence-corrected chi connectivity index (χ1v) is 11.0. The van der Waals surface area contributed by atoms with Crippen LogP contribution in [0.2, 0.25) is 0 Å². The molecule has 4 N–H and O–H groups in total. The number of aryl methyl sites for hydroxylation is 1. The average Bonchev–Trinajstić information content (AvgIpc) is 2.80. The maximum Gasteiger partial charge on any atom is 0.222 e. The summed E-state index contributed by atoms with van der Waals surface area (Å²) in [6.45, 7) is 10.4. The number of anilines is 4. The van der Waals surface area contributed by atoms with Gasteiger partial charge in [0, 0.05) is 51.5 Å². The standard InChI is InChI=1S/C22H32N8O2/c1-17-20(21(23)27-22(24)26-17)30-8-6-29(7-9-30)19-4-2-18(3-5-19)16-25-32-15-12-28-10-13-31-14-11-28/h2-5,16H,6-15H2,1H3,(H4,23,24,26,27). The van der Waals surface area contributed by atoms with Gasteiger partial charge in [-0.3, -0.25) is 4.90 Å². The predicted octanol–water partition coefficient (Wildman–Crippen LogP) is 0.959. The predicted molar refractivity (Wildman–Crippen MR) is 127 cm³/mol. The van der Waals surface area contributed by atoms with Crippen LogP contribution >= 0.6 is 0 Å². The number of hydrogen-bond acceptors (Lipinski definition) is 10. The second kappa shape index (κ2) is 10.5. The molecule has 0 spiro atoms. The highest BCUT2D eigenvalue weighted by molar-refractivity contribution is 5.80. The summed E-state index contributed by atoms with van der Waals surface area (Å²) in [4.78, 5) is 20.7. The molecule has 0 saturated carbocycles. The Bertz CT molecular complexity index is 884. The molecule has 1 aromatic heterocycles. The van der Waals surface area contributed by atoms with Crippen LogP contribution in [0.3, 0.4) is 0 Å². The summed E-state index contributed by atoms with van der Waals surface area (Å²) in [6, 6.07) is 8.37. The topological polar surface area (TPSA) is 118 Å². The monoisotopic (exact) mass is 440 g/mol. The van der Waals surface area contributed by atoms with Crippen molar-refractivity contribution in [3.8, 4) is 0 Å². The van der Waals surface area contributed by atoms with Gasteiger partial charge in [-0.05, 0) is 24.6 Å². The van der Waals surface area contributed by atoms with E-state index < -0.39 is 0 Å². The fourth-order valence-electron chi connectivity index (χ4n) is 4.11. The minimum absolute atomic E-state index is 0.216. The van der Waals surface area contributed by atoms with Crippen molar-refractivity contribution in [2.24, 2.45) is 5.16 Å². The van der Waals surface area contributed by atoms with Crippen molar-refractivity contribution >= 4 is 29.4 Å². The quantitative estimate of drug-likeness (QED) is 0.369. The Morgan fingerprint density at radius 2 is 1.69 bits per heavy atom. The van der Waals surface area contributed by atoms with E-state index in [4.69, 9.17) is 21.0 Å². The zero-order valence-electron chi connectivity index (χ0n) is 18.6. The minimum Gasteiger partial charge on any atom is -0.394 e. The molecule has 1 aromatic carbocycles. The van der Waals surface area contributed by atoms with Gasteiger partial charge in [-0.2, -0.15) is 4.98 Å². The minimum atomic E-state index is 0.216. The van der Waals surface area contributed by atoms with Crippen LogP contribution in [0.15, 0.2) is 29.4 Å². The molecule has 10 heteroatoms. The summed E-state index contributed by atoms with van der Waals surface area (Å²) < 4.78 is 5.35. The van der Waals surface area contributed by atoms with Crippen LogP contribution in [0.5, 0.6) is 0 Å². The molecule has 2 aliphatic rings. The summed E-state index contributed by atoms with van der Waals surface area (Å²) in [5.74, 6) is 0.660. The highest BCUT2D eigenvalue weighted by Crippen LogP contribution is 2.27. The first-order valence-electron chi connectivity index (χ1n) is 11.0. The Kier molecular flexibility index (Phi) is 7.23. The third-order valence-corrected chi connectivity index (χ3v) is 5.84. The van der Waals surface area contributed by atoms with Crippen LogP contribution in [0.1, 0.15) is 11.3 Å². The van der Waals surface area contributed by atoms with Gasteiger partial charge in [0.2, 0.25) is 5.95 Å². The number of ether oxygens (including phenoxy) is 1. The van der Waals surface area contributed by atoms with Gasteiger partial charge >= 0.3 is 0 Å².